The Morgan fingerprint density at radius 2 is 2.19 bits per heavy atom. The van der Waals surface area contributed by atoms with Gasteiger partial charge < -0.3 is 9.32 Å². The minimum Gasteiger partial charge on any atom is -0.462 e. The van der Waals surface area contributed by atoms with Crippen LogP contribution < -0.4 is 0 Å². The Labute approximate surface area is 158 Å². The Kier molecular flexibility index (Phi) is 5.06. The van der Waals surface area contributed by atoms with Gasteiger partial charge in [-0.1, -0.05) is 11.6 Å². The number of aromatic nitrogens is 1. The summed E-state index contributed by atoms with van der Waals surface area (Å²) < 4.78 is 5.32. The molecule has 1 amide bonds. The van der Waals surface area contributed by atoms with Gasteiger partial charge in [0, 0.05) is 35.6 Å². The lowest BCUT2D eigenvalue weighted by Gasteiger charge is -2.17. The van der Waals surface area contributed by atoms with Gasteiger partial charge in [0.2, 0.25) is 0 Å². The van der Waals surface area contributed by atoms with E-state index in [0.29, 0.717) is 27.0 Å². The van der Waals surface area contributed by atoms with E-state index in [4.69, 9.17) is 16.0 Å². The maximum atomic E-state index is 12.7. The van der Waals surface area contributed by atoms with Gasteiger partial charge in [-0.25, -0.2) is 4.98 Å². The van der Waals surface area contributed by atoms with Gasteiger partial charge in [0.05, 0.1) is 11.2 Å². The average molecular weight is 392 g/mol. The van der Waals surface area contributed by atoms with Crippen LogP contribution in [0.25, 0.3) is 10.8 Å². The van der Waals surface area contributed by atoms with E-state index >= 15 is 0 Å². The standard InChI is InChI=1S/C17H14ClN3O4S/c1-10-15(19-16(26-10)14-4-3-7-25-14)17(22)20(2)9-11-8-12(21(23)24)5-6-13(11)18/h3-8H,9H2,1-2H3. The second-order valence-corrected chi connectivity index (χ2v) is 7.21. The zero-order valence-electron chi connectivity index (χ0n) is 13.9. The predicted octanol–water partition coefficient (Wildman–Crippen LogP) is 4.55. The van der Waals surface area contributed by atoms with Gasteiger partial charge in [-0.05, 0) is 30.7 Å². The van der Waals surface area contributed by atoms with Gasteiger partial charge in [0.1, 0.15) is 5.69 Å². The molecular weight excluding hydrogens is 378 g/mol. The van der Waals surface area contributed by atoms with Crippen molar-refractivity contribution >= 4 is 34.5 Å². The normalized spacial score (nSPS) is 10.7. The first kappa shape index (κ1) is 18.1. The number of carbonyl (C=O) groups is 1. The molecule has 0 N–H and O–H groups in total. The number of nitro groups is 1. The van der Waals surface area contributed by atoms with Crippen LogP contribution in [-0.4, -0.2) is 27.8 Å². The smallest absolute Gasteiger partial charge is 0.273 e. The molecule has 0 saturated heterocycles. The first-order chi connectivity index (χ1) is 12.4. The van der Waals surface area contributed by atoms with E-state index in [-0.39, 0.29) is 18.1 Å². The van der Waals surface area contributed by atoms with Gasteiger partial charge in [0.25, 0.3) is 11.6 Å². The third kappa shape index (κ3) is 3.61. The summed E-state index contributed by atoms with van der Waals surface area (Å²) in [5.41, 5.74) is 0.747. The largest absolute Gasteiger partial charge is 0.462 e. The molecule has 26 heavy (non-hydrogen) atoms. The van der Waals surface area contributed by atoms with Crippen molar-refractivity contribution in [2.24, 2.45) is 0 Å². The lowest BCUT2D eigenvalue weighted by Crippen LogP contribution is -2.27. The summed E-state index contributed by atoms with van der Waals surface area (Å²) in [6.45, 7) is 1.94. The summed E-state index contributed by atoms with van der Waals surface area (Å²) >= 11 is 7.48. The topological polar surface area (TPSA) is 89.5 Å². The number of carbonyl (C=O) groups excluding carboxylic acids is 1. The van der Waals surface area contributed by atoms with E-state index in [9.17, 15) is 14.9 Å². The van der Waals surface area contributed by atoms with Crippen LogP contribution in [0.1, 0.15) is 20.9 Å². The molecule has 3 rings (SSSR count). The van der Waals surface area contributed by atoms with Crippen molar-refractivity contribution in [3.8, 4) is 10.8 Å². The Balaban J connectivity index is 1.83. The average Bonchev–Trinajstić information content (AvgIpc) is 3.25. The molecule has 1 aromatic carbocycles. The molecular formula is C17H14ClN3O4S. The number of aryl methyl sites for hydroxylation is 1. The van der Waals surface area contributed by atoms with Crippen molar-refractivity contribution in [3.05, 3.63) is 67.9 Å². The number of halogens is 1. The number of amides is 1. The molecule has 3 aromatic rings. The molecule has 7 nitrogen and oxygen atoms in total. The number of thiazole rings is 1. The van der Waals surface area contributed by atoms with Crippen molar-refractivity contribution in [2.75, 3.05) is 7.05 Å². The highest BCUT2D eigenvalue weighted by Gasteiger charge is 2.22. The van der Waals surface area contributed by atoms with Gasteiger partial charge in [-0.3, -0.25) is 14.9 Å². The van der Waals surface area contributed by atoms with E-state index in [1.165, 1.54) is 34.4 Å². The molecule has 0 fully saturated rings. The molecule has 134 valence electrons. The number of hydrogen-bond donors (Lipinski definition) is 0. The summed E-state index contributed by atoms with van der Waals surface area (Å²) in [7, 11) is 1.60. The zero-order valence-corrected chi connectivity index (χ0v) is 15.5. The van der Waals surface area contributed by atoms with Crippen LogP contribution in [0.4, 0.5) is 5.69 Å². The summed E-state index contributed by atoms with van der Waals surface area (Å²) in [6, 6.07) is 7.68. The third-order valence-corrected chi connectivity index (χ3v) is 5.08. The Morgan fingerprint density at radius 1 is 1.42 bits per heavy atom. The molecule has 0 bridgehead atoms. The van der Waals surface area contributed by atoms with Crippen LogP contribution in [0.15, 0.2) is 41.0 Å². The van der Waals surface area contributed by atoms with Gasteiger partial charge in [-0.2, -0.15) is 0 Å². The predicted molar refractivity (Wildman–Crippen MR) is 98.5 cm³/mol. The number of nitrogens with zero attached hydrogens (tertiary/aromatic N) is 3. The fourth-order valence-corrected chi connectivity index (χ4v) is 3.46. The summed E-state index contributed by atoms with van der Waals surface area (Å²) in [4.78, 5) is 29.7. The number of non-ortho nitro benzene ring substituents is 1. The molecule has 0 aliphatic carbocycles. The zero-order chi connectivity index (χ0) is 18.8. The van der Waals surface area contributed by atoms with E-state index in [1.807, 2.05) is 6.92 Å². The molecule has 0 aliphatic rings. The summed E-state index contributed by atoms with van der Waals surface area (Å²) in [5, 5.41) is 11.9. The fourth-order valence-electron chi connectivity index (χ4n) is 2.40. The summed E-state index contributed by atoms with van der Waals surface area (Å²) in [5.74, 6) is 0.306. The molecule has 2 aromatic heterocycles. The fraction of sp³-hybridized carbons (Fsp3) is 0.176. The summed E-state index contributed by atoms with van der Waals surface area (Å²) in [6.07, 6.45) is 1.55. The lowest BCUT2D eigenvalue weighted by atomic mass is 10.2. The van der Waals surface area contributed by atoms with Crippen LogP contribution in [0.3, 0.4) is 0 Å². The van der Waals surface area contributed by atoms with E-state index in [1.54, 1.807) is 25.4 Å². The number of nitro benzene ring substituents is 1. The molecule has 0 spiro atoms. The van der Waals surface area contributed by atoms with Crippen molar-refractivity contribution in [2.45, 2.75) is 13.5 Å². The van der Waals surface area contributed by atoms with Crippen molar-refractivity contribution in [3.63, 3.8) is 0 Å². The minimum atomic E-state index is -0.498. The molecule has 0 radical (unpaired) electrons. The van der Waals surface area contributed by atoms with Crippen molar-refractivity contribution in [1.29, 1.82) is 0 Å². The third-order valence-electron chi connectivity index (χ3n) is 3.73. The van der Waals surface area contributed by atoms with Crippen LogP contribution >= 0.6 is 22.9 Å². The number of furan rings is 1. The van der Waals surface area contributed by atoms with Gasteiger partial charge in [-0.15, -0.1) is 11.3 Å². The highest BCUT2D eigenvalue weighted by Crippen LogP contribution is 2.29. The maximum Gasteiger partial charge on any atom is 0.273 e. The Morgan fingerprint density at radius 3 is 2.85 bits per heavy atom. The highest BCUT2D eigenvalue weighted by atomic mass is 35.5. The highest BCUT2D eigenvalue weighted by molar-refractivity contribution is 7.15. The second kappa shape index (κ2) is 7.27. The number of benzene rings is 1. The van der Waals surface area contributed by atoms with Crippen LogP contribution in [0.5, 0.6) is 0 Å². The van der Waals surface area contributed by atoms with E-state index < -0.39 is 4.92 Å². The number of rotatable bonds is 5. The van der Waals surface area contributed by atoms with Crippen molar-refractivity contribution in [1.82, 2.24) is 9.88 Å². The minimum absolute atomic E-state index is 0.0739. The van der Waals surface area contributed by atoms with Gasteiger partial charge in [0.15, 0.2) is 10.8 Å². The first-order valence-electron chi connectivity index (χ1n) is 7.56. The first-order valence-corrected chi connectivity index (χ1v) is 8.76. The molecule has 2 heterocycles. The molecule has 0 unspecified atom stereocenters. The van der Waals surface area contributed by atoms with E-state index in [2.05, 4.69) is 4.98 Å². The number of hydrogen-bond acceptors (Lipinski definition) is 6. The SMILES string of the molecule is Cc1sc(-c2ccco2)nc1C(=O)N(C)Cc1cc([N+](=O)[O-])ccc1Cl. The molecule has 0 atom stereocenters. The molecule has 0 saturated carbocycles. The molecule has 9 heteroatoms. The Hall–Kier alpha value is -2.71. The monoisotopic (exact) mass is 391 g/mol. The maximum absolute atomic E-state index is 12.7. The molecule has 0 aliphatic heterocycles. The van der Waals surface area contributed by atoms with Crippen LogP contribution in [0.2, 0.25) is 5.02 Å². The van der Waals surface area contributed by atoms with Crippen LogP contribution in [-0.2, 0) is 6.54 Å². The van der Waals surface area contributed by atoms with Crippen molar-refractivity contribution < 1.29 is 14.1 Å². The lowest BCUT2D eigenvalue weighted by molar-refractivity contribution is -0.384. The van der Waals surface area contributed by atoms with Crippen LogP contribution in [0, 0.1) is 17.0 Å². The van der Waals surface area contributed by atoms with E-state index in [0.717, 1.165) is 4.88 Å². The second-order valence-electron chi connectivity index (χ2n) is 5.60. The van der Waals surface area contributed by atoms with Gasteiger partial charge >= 0.3 is 0 Å². The quantitative estimate of drug-likeness (QED) is 0.470. The Bertz CT molecular complexity index is 969.